The van der Waals surface area contributed by atoms with Crippen LogP contribution in [0.1, 0.15) is 37.2 Å². The first-order valence-corrected chi connectivity index (χ1v) is 6.92. The van der Waals surface area contributed by atoms with Gasteiger partial charge in [0.05, 0.1) is 13.0 Å². The summed E-state index contributed by atoms with van der Waals surface area (Å²) < 4.78 is 4.93. The Labute approximate surface area is 117 Å². The average molecular weight is 287 g/mol. The van der Waals surface area contributed by atoms with E-state index in [-0.39, 0.29) is 11.9 Å². The van der Waals surface area contributed by atoms with E-state index < -0.39 is 0 Å². The molecule has 1 fully saturated rings. The van der Waals surface area contributed by atoms with Crippen LogP contribution in [-0.4, -0.2) is 13.1 Å². The van der Waals surface area contributed by atoms with Gasteiger partial charge in [-0.2, -0.15) is 0 Å². The minimum Gasteiger partial charge on any atom is -0.469 e. The van der Waals surface area contributed by atoms with E-state index >= 15 is 0 Å². The van der Waals surface area contributed by atoms with E-state index in [0.29, 0.717) is 16.0 Å². The van der Waals surface area contributed by atoms with E-state index in [9.17, 15) is 4.79 Å². The van der Waals surface area contributed by atoms with Crippen molar-refractivity contribution in [3.63, 3.8) is 0 Å². The Morgan fingerprint density at radius 1 is 1.33 bits per heavy atom. The van der Waals surface area contributed by atoms with Crippen LogP contribution >= 0.6 is 23.2 Å². The van der Waals surface area contributed by atoms with Gasteiger partial charge in [-0.15, -0.1) is 0 Å². The smallest absolute Gasteiger partial charge is 0.313 e. The Morgan fingerprint density at radius 2 is 2.00 bits per heavy atom. The van der Waals surface area contributed by atoms with Gasteiger partial charge in [0.2, 0.25) is 0 Å². The maximum atomic E-state index is 12.0. The molecule has 1 unspecified atom stereocenters. The first-order chi connectivity index (χ1) is 8.63. The second-order valence-corrected chi connectivity index (χ2v) is 5.55. The van der Waals surface area contributed by atoms with E-state index in [2.05, 4.69) is 0 Å². The second-order valence-electron chi connectivity index (χ2n) is 4.71. The van der Waals surface area contributed by atoms with E-state index in [0.717, 1.165) is 18.4 Å². The van der Waals surface area contributed by atoms with Crippen LogP contribution in [0.3, 0.4) is 0 Å². The van der Waals surface area contributed by atoms with E-state index in [4.69, 9.17) is 27.9 Å². The molecule has 0 amide bonds. The average Bonchev–Trinajstić information content (AvgIpc) is 2.85. The normalized spacial score (nSPS) is 17.7. The van der Waals surface area contributed by atoms with Crippen LogP contribution in [0.5, 0.6) is 0 Å². The summed E-state index contributed by atoms with van der Waals surface area (Å²) in [6, 6.07) is 5.29. The van der Waals surface area contributed by atoms with Crippen molar-refractivity contribution in [3.05, 3.63) is 33.8 Å². The quantitative estimate of drug-likeness (QED) is 0.768. The van der Waals surface area contributed by atoms with Gasteiger partial charge in [-0.05, 0) is 36.5 Å². The predicted molar refractivity (Wildman–Crippen MR) is 73.2 cm³/mol. The van der Waals surface area contributed by atoms with Gasteiger partial charge in [0.25, 0.3) is 0 Å². The summed E-state index contributed by atoms with van der Waals surface area (Å²) in [6.45, 7) is 0. The topological polar surface area (TPSA) is 26.3 Å². The molecule has 2 rings (SSSR count). The Hall–Kier alpha value is -0.730. The van der Waals surface area contributed by atoms with Crippen LogP contribution in [0, 0.1) is 5.92 Å². The lowest BCUT2D eigenvalue weighted by Crippen LogP contribution is -2.21. The third-order valence-electron chi connectivity index (χ3n) is 3.62. The fourth-order valence-corrected chi connectivity index (χ4v) is 3.27. The predicted octanol–water partition coefficient (Wildman–Crippen LogP) is 4.44. The van der Waals surface area contributed by atoms with Crippen LogP contribution < -0.4 is 0 Å². The molecule has 0 aromatic heterocycles. The zero-order chi connectivity index (χ0) is 13.1. The van der Waals surface area contributed by atoms with Crippen molar-refractivity contribution < 1.29 is 9.53 Å². The Bertz CT molecular complexity index is 439. The molecule has 98 valence electrons. The molecule has 0 aliphatic heterocycles. The summed E-state index contributed by atoms with van der Waals surface area (Å²) in [4.78, 5) is 12.0. The maximum Gasteiger partial charge on any atom is 0.313 e. The largest absolute Gasteiger partial charge is 0.469 e. The first-order valence-electron chi connectivity index (χ1n) is 6.16. The van der Waals surface area contributed by atoms with Crippen molar-refractivity contribution in [2.24, 2.45) is 5.92 Å². The maximum absolute atomic E-state index is 12.0. The highest BCUT2D eigenvalue weighted by molar-refractivity contribution is 6.35. The van der Waals surface area contributed by atoms with Crippen LogP contribution in [-0.2, 0) is 9.53 Å². The lowest BCUT2D eigenvalue weighted by Gasteiger charge is -2.22. The van der Waals surface area contributed by atoms with Crippen molar-refractivity contribution in [2.75, 3.05) is 7.11 Å². The fraction of sp³-hybridized carbons (Fsp3) is 0.500. The van der Waals surface area contributed by atoms with Crippen molar-refractivity contribution in [2.45, 2.75) is 31.6 Å². The van der Waals surface area contributed by atoms with Gasteiger partial charge in [-0.3, -0.25) is 4.79 Å². The van der Waals surface area contributed by atoms with Gasteiger partial charge in [0.15, 0.2) is 0 Å². The molecule has 1 saturated carbocycles. The van der Waals surface area contributed by atoms with Gasteiger partial charge < -0.3 is 4.74 Å². The molecule has 0 radical (unpaired) electrons. The second kappa shape index (κ2) is 5.94. The molecule has 18 heavy (non-hydrogen) atoms. The number of rotatable bonds is 3. The molecule has 0 N–H and O–H groups in total. The number of esters is 1. The number of ether oxygens (including phenoxy) is 1. The molecule has 1 aromatic rings. The van der Waals surface area contributed by atoms with Gasteiger partial charge in [-0.1, -0.05) is 42.1 Å². The number of carbonyl (C=O) groups is 1. The number of carbonyl (C=O) groups excluding carboxylic acids is 1. The monoisotopic (exact) mass is 286 g/mol. The number of halogens is 2. The zero-order valence-corrected chi connectivity index (χ0v) is 11.8. The SMILES string of the molecule is COC(=O)C(c1ccc(Cl)cc1Cl)C1CCCC1. The van der Waals surface area contributed by atoms with Crippen LogP contribution in [0.25, 0.3) is 0 Å². The zero-order valence-electron chi connectivity index (χ0n) is 10.3. The van der Waals surface area contributed by atoms with Gasteiger partial charge in [0, 0.05) is 10.0 Å². The first kappa shape index (κ1) is 13.7. The van der Waals surface area contributed by atoms with Crippen molar-refractivity contribution >= 4 is 29.2 Å². The van der Waals surface area contributed by atoms with Crippen LogP contribution in [0.4, 0.5) is 0 Å². The van der Waals surface area contributed by atoms with Crippen molar-refractivity contribution in [1.82, 2.24) is 0 Å². The third-order valence-corrected chi connectivity index (χ3v) is 4.19. The third kappa shape index (κ3) is 2.81. The van der Waals surface area contributed by atoms with E-state index in [1.54, 1.807) is 12.1 Å². The molecule has 4 heteroatoms. The molecule has 2 nitrogen and oxygen atoms in total. The van der Waals surface area contributed by atoms with E-state index in [1.807, 2.05) is 6.07 Å². The molecule has 0 saturated heterocycles. The summed E-state index contributed by atoms with van der Waals surface area (Å²) in [5, 5.41) is 1.13. The lowest BCUT2D eigenvalue weighted by atomic mass is 9.85. The molecule has 1 aliphatic carbocycles. The van der Waals surface area contributed by atoms with Crippen molar-refractivity contribution in [3.8, 4) is 0 Å². The minimum atomic E-state index is -0.262. The Morgan fingerprint density at radius 3 is 2.56 bits per heavy atom. The molecule has 1 atom stereocenters. The molecule has 1 aromatic carbocycles. The highest BCUT2D eigenvalue weighted by atomic mass is 35.5. The van der Waals surface area contributed by atoms with Crippen LogP contribution in [0.2, 0.25) is 10.0 Å². The van der Waals surface area contributed by atoms with E-state index in [1.165, 1.54) is 20.0 Å². The van der Waals surface area contributed by atoms with Gasteiger partial charge >= 0.3 is 5.97 Å². The highest BCUT2D eigenvalue weighted by Gasteiger charge is 2.34. The van der Waals surface area contributed by atoms with Crippen LogP contribution in [0.15, 0.2) is 18.2 Å². The van der Waals surface area contributed by atoms with Gasteiger partial charge in [-0.25, -0.2) is 0 Å². The molecule has 0 spiro atoms. The summed E-state index contributed by atoms with van der Waals surface area (Å²) in [5.41, 5.74) is 0.833. The summed E-state index contributed by atoms with van der Waals surface area (Å²) >= 11 is 12.1. The minimum absolute atomic E-state index is 0.203. The lowest BCUT2D eigenvalue weighted by molar-refractivity contribution is -0.143. The summed E-state index contributed by atoms with van der Waals surface area (Å²) in [7, 11) is 1.42. The molecule has 1 aliphatic rings. The molecule has 0 heterocycles. The molecule has 0 bridgehead atoms. The number of benzene rings is 1. The number of methoxy groups -OCH3 is 1. The number of hydrogen-bond donors (Lipinski definition) is 0. The highest BCUT2D eigenvalue weighted by Crippen LogP contribution is 2.40. The summed E-state index contributed by atoms with van der Waals surface area (Å²) in [6.07, 6.45) is 4.45. The Balaban J connectivity index is 2.35. The number of hydrogen-bond acceptors (Lipinski definition) is 2. The Kier molecular flexibility index (Phi) is 4.52. The van der Waals surface area contributed by atoms with Crippen molar-refractivity contribution in [1.29, 1.82) is 0 Å². The standard InChI is InChI=1S/C14H16Cl2O2/c1-18-14(17)13(9-4-2-3-5-9)11-7-6-10(15)8-12(11)16/h6-9,13H,2-5H2,1H3. The molecular formula is C14H16Cl2O2. The fourth-order valence-electron chi connectivity index (χ4n) is 2.74. The van der Waals surface area contributed by atoms with Gasteiger partial charge in [0.1, 0.15) is 0 Å². The molecular weight excluding hydrogens is 271 g/mol. The summed E-state index contributed by atoms with van der Waals surface area (Å²) in [5.74, 6) is -0.135.